The topological polar surface area (TPSA) is 48.0 Å². The van der Waals surface area contributed by atoms with Crippen molar-refractivity contribution >= 4 is 22.0 Å². The number of fused-ring (bicyclic) bond motifs is 3. The predicted molar refractivity (Wildman–Crippen MR) is 61.5 cm³/mol. The molecule has 0 atom stereocenters. The molecular weight excluding hydrogens is 204 g/mol. The molecule has 0 saturated carbocycles. The zero-order valence-corrected chi connectivity index (χ0v) is 9.02. The minimum absolute atomic E-state index is 0.144. The quantitative estimate of drug-likeness (QED) is 0.575. The van der Waals surface area contributed by atoms with Crippen LogP contribution in [0.15, 0.2) is 33.5 Å². The van der Waals surface area contributed by atoms with Gasteiger partial charge in [0.1, 0.15) is 5.52 Å². The highest BCUT2D eigenvalue weighted by molar-refractivity contribution is 6.01. The highest BCUT2D eigenvalue weighted by Crippen LogP contribution is 2.21. The minimum atomic E-state index is -0.144. The normalized spacial score (nSPS) is 11.4. The van der Waals surface area contributed by atoms with Gasteiger partial charge in [-0.3, -0.25) is 4.79 Å². The van der Waals surface area contributed by atoms with Crippen molar-refractivity contribution in [2.75, 3.05) is 0 Å². The molecule has 2 aromatic heterocycles. The molecule has 80 valence electrons. The molecule has 0 N–H and O–H groups in total. The maximum absolute atomic E-state index is 12.0. The molecule has 0 amide bonds. The first-order chi connectivity index (χ1) is 7.68. The number of hydrogen-bond donors (Lipinski definition) is 0. The van der Waals surface area contributed by atoms with Gasteiger partial charge in [-0.05, 0) is 6.07 Å². The van der Waals surface area contributed by atoms with Crippen LogP contribution >= 0.6 is 0 Å². The van der Waals surface area contributed by atoms with Crippen molar-refractivity contribution in [3.8, 4) is 0 Å². The number of aryl methyl sites for hydroxylation is 2. The molecule has 0 aliphatic heterocycles. The summed E-state index contributed by atoms with van der Waals surface area (Å²) in [5, 5.41) is 0.941. The summed E-state index contributed by atoms with van der Waals surface area (Å²) in [6, 6.07) is 7.68. The zero-order valence-electron chi connectivity index (χ0n) is 9.02. The number of rotatable bonds is 0. The monoisotopic (exact) mass is 214 g/mol. The summed E-state index contributed by atoms with van der Waals surface area (Å²) < 4.78 is 6.93. The van der Waals surface area contributed by atoms with Crippen molar-refractivity contribution in [3.63, 3.8) is 0 Å². The lowest BCUT2D eigenvalue weighted by molar-refractivity contribution is 0.555. The summed E-state index contributed by atoms with van der Waals surface area (Å²) >= 11 is 0. The summed E-state index contributed by atoms with van der Waals surface area (Å²) in [6.45, 7) is 1.74. The molecule has 0 bridgehead atoms. The highest BCUT2D eigenvalue weighted by Gasteiger charge is 2.13. The van der Waals surface area contributed by atoms with Gasteiger partial charge in [0.2, 0.25) is 5.58 Å². The summed E-state index contributed by atoms with van der Waals surface area (Å²) in [5.41, 5.74) is 1.71. The van der Waals surface area contributed by atoms with E-state index in [9.17, 15) is 4.79 Å². The molecule has 0 unspecified atom stereocenters. The van der Waals surface area contributed by atoms with Gasteiger partial charge in [-0.1, -0.05) is 18.2 Å². The second kappa shape index (κ2) is 2.95. The summed E-state index contributed by atoms with van der Waals surface area (Å²) in [6.07, 6.45) is 0. The van der Waals surface area contributed by atoms with Crippen molar-refractivity contribution in [3.05, 3.63) is 40.5 Å². The van der Waals surface area contributed by atoms with Crippen LogP contribution in [0.5, 0.6) is 0 Å². The maximum atomic E-state index is 12.0. The van der Waals surface area contributed by atoms with Crippen LogP contribution in [0.3, 0.4) is 0 Å². The second-order valence-corrected chi connectivity index (χ2v) is 3.79. The molecule has 0 fully saturated rings. The standard InChI is InChI=1S/C12H10N2O2/c1-7-13-10-8-5-3-4-6-9(8)14(2)12(15)11(10)16-7/h3-6H,1-2H3. The van der Waals surface area contributed by atoms with Crippen molar-refractivity contribution in [1.29, 1.82) is 0 Å². The van der Waals surface area contributed by atoms with Gasteiger partial charge >= 0.3 is 0 Å². The van der Waals surface area contributed by atoms with E-state index >= 15 is 0 Å². The summed E-state index contributed by atoms with van der Waals surface area (Å²) in [4.78, 5) is 16.2. The van der Waals surface area contributed by atoms with Gasteiger partial charge in [-0.2, -0.15) is 0 Å². The lowest BCUT2D eigenvalue weighted by Gasteiger charge is -2.03. The first kappa shape index (κ1) is 9.15. The summed E-state index contributed by atoms with van der Waals surface area (Å²) in [5.74, 6) is 0.517. The lowest BCUT2D eigenvalue weighted by atomic mass is 10.2. The Balaban J connectivity index is 2.73. The van der Waals surface area contributed by atoms with Gasteiger partial charge in [0.25, 0.3) is 5.56 Å². The molecule has 4 nitrogen and oxygen atoms in total. The van der Waals surface area contributed by atoms with Crippen molar-refractivity contribution < 1.29 is 4.42 Å². The van der Waals surface area contributed by atoms with E-state index in [1.54, 1.807) is 18.5 Å². The molecule has 3 aromatic rings. The Morgan fingerprint density at radius 1 is 1.31 bits per heavy atom. The second-order valence-electron chi connectivity index (χ2n) is 3.79. The van der Waals surface area contributed by atoms with Crippen LogP contribution in [-0.2, 0) is 7.05 Å². The highest BCUT2D eigenvalue weighted by atomic mass is 16.4. The van der Waals surface area contributed by atoms with E-state index in [1.165, 1.54) is 0 Å². The van der Waals surface area contributed by atoms with Crippen LogP contribution in [0.1, 0.15) is 5.89 Å². The van der Waals surface area contributed by atoms with E-state index in [1.807, 2.05) is 24.3 Å². The molecule has 4 heteroatoms. The number of benzene rings is 1. The molecule has 0 spiro atoms. The van der Waals surface area contributed by atoms with Crippen molar-refractivity contribution in [2.45, 2.75) is 6.92 Å². The Kier molecular flexibility index (Phi) is 1.68. The first-order valence-corrected chi connectivity index (χ1v) is 5.03. The molecular formula is C12H10N2O2. The predicted octanol–water partition coefficient (Wildman–Crippen LogP) is 1.99. The number of nitrogens with zero attached hydrogens (tertiary/aromatic N) is 2. The zero-order chi connectivity index (χ0) is 11.3. The fourth-order valence-corrected chi connectivity index (χ4v) is 1.98. The molecule has 0 radical (unpaired) electrons. The van der Waals surface area contributed by atoms with Gasteiger partial charge in [0, 0.05) is 19.4 Å². The number of hydrogen-bond acceptors (Lipinski definition) is 3. The fourth-order valence-electron chi connectivity index (χ4n) is 1.98. The molecule has 0 saturated heterocycles. The van der Waals surface area contributed by atoms with E-state index in [0.717, 1.165) is 10.9 Å². The maximum Gasteiger partial charge on any atom is 0.296 e. The number of para-hydroxylation sites is 1. The number of pyridine rings is 1. The third kappa shape index (κ3) is 1.04. The van der Waals surface area contributed by atoms with Crippen LogP contribution in [0.4, 0.5) is 0 Å². The summed E-state index contributed by atoms with van der Waals surface area (Å²) in [7, 11) is 1.74. The minimum Gasteiger partial charge on any atom is -0.435 e. The van der Waals surface area contributed by atoms with Crippen LogP contribution in [0.2, 0.25) is 0 Å². The molecule has 3 rings (SSSR count). The molecule has 0 aliphatic rings. The lowest BCUT2D eigenvalue weighted by Crippen LogP contribution is -2.16. The number of aromatic nitrogens is 2. The number of oxazole rings is 1. The average molecular weight is 214 g/mol. The van der Waals surface area contributed by atoms with E-state index in [-0.39, 0.29) is 5.56 Å². The van der Waals surface area contributed by atoms with E-state index in [4.69, 9.17) is 4.42 Å². The molecule has 1 aromatic carbocycles. The third-order valence-corrected chi connectivity index (χ3v) is 2.75. The van der Waals surface area contributed by atoms with Gasteiger partial charge in [-0.15, -0.1) is 0 Å². The largest absolute Gasteiger partial charge is 0.435 e. The van der Waals surface area contributed by atoms with E-state index in [2.05, 4.69) is 4.98 Å². The Bertz CT molecular complexity index is 753. The Hall–Kier alpha value is -2.10. The third-order valence-electron chi connectivity index (χ3n) is 2.75. The molecule has 16 heavy (non-hydrogen) atoms. The van der Waals surface area contributed by atoms with Crippen LogP contribution in [0.25, 0.3) is 22.0 Å². The van der Waals surface area contributed by atoms with E-state index in [0.29, 0.717) is 17.0 Å². The van der Waals surface area contributed by atoms with Crippen molar-refractivity contribution in [2.24, 2.45) is 7.05 Å². The van der Waals surface area contributed by atoms with Crippen molar-refractivity contribution in [1.82, 2.24) is 9.55 Å². The molecule has 2 heterocycles. The van der Waals surface area contributed by atoms with Crippen LogP contribution in [-0.4, -0.2) is 9.55 Å². The van der Waals surface area contributed by atoms with E-state index < -0.39 is 0 Å². The van der Waals surface area contributed by atoms with Gasteiger partial charge in [-0.25, -0.2) is 4.98 Å². The Labute approximate surface area is 91.1 Å². The Morgan fingerprint density at radius 2 is 2.06 bits per heavy atom. The first-order valence-electron chi connectivity index (χ1n) is 5.03. The smallest absolute Gasteiger partial charge is 0.296 e. The molecule has 0 aliphatic carbocycles. The van der Waals surface area contributed by atoms with Crippen LogP contribution in [0, 0.1) is 6.92 Å². The SMILES string of the molecule is Cc1nc2c(o1)c(=O)n(C)c1ccccc21. The van der Waals surface area contributed by atoms with Gasteiger partial charge in [0.15, 0.2) is 5.89 Å². The Morgan fingerprint density at radius 3 is 2.88 bits per heavy atom. The average Bonchev–Trinajstić information content (AvgIpc) is 2.68. The van der Waals surface area contributed by atoms with Gasteiger partial charge in [0.05, 0.1) is 5.52 Å². The van der Waals surface area contributed by atoms with Crippen LogP contribution < -0.4 is 5.56 Å². The van der Waals surface area contributed by atoms with Gasteiger partial charge < -0.3 is 8.98 Å². The fraction of sp³-hybridized carbons (Fsp3) is 0.167.